The van der Waals surface area contributed by atoms with Crippen LogP contribution in [0.1, 0.15) is 121 Å². The molecule has 9 amide bonds. The van der Waals surface area contributed by atoms with Crippen molar-refractivity contribution in [2.45, 2.75) is 169 Å². The number of nitrogens with one attached hydrogen (secondary N) is 11. The molecule has 7 aliphatic rings. The Hall–Kier alpha value is -11.9. The highest BCUT2D eigenvalue weighted by atomic mass is 35.5. The quantitative estimate of drug-likeness (QED) is 0.0341. The molecule has 126 heavy (non-hydrogen) atoms. The fourth-order valence-electron chi connectivity index (χ4n) is 14.9. The van der Waals surface area contributed by atoms with Gasteiger partial charge >= 0.3 is 6.36 Å². The molecule has 0 radical (unpaired) electrons. The second-order valence-corrected chi connectivity index (χ2v) is 31.7. The number of aliphatic hydroxyl groups excluding tert-OH is 7. The van der Waals surface area contributed by atoms with Gasteiger partial charge in [0.15, 0.2) is 23.9 Å². The number of alkyl halides is 3. The summed E-state index contributed by atoms with van der Waals surface area (Å²) < 4.78 is 82.6. The number of nitrogens with zero attached hydrogens (tertiary/aromatic N) is 1. The van der Waals surface area contributed by atoms with Crippen LogP contribution in [0, 0.1) is 5.92 Å². The maximum Gasteiger partial charge on any atom is 0.573 e. The molecular weight excluding hydrogens is 1710 g/mol. The van der Waals surface area contributed by atoms with Crippen LogP contribution in [-0.2, 0) is 59.1 Å². The molecule has 23 N–H and O–H groups in total. The number of aliphatic hydroxyl groups is 7. The average molecular weight is 1800 g/mol. The van der Waals surface area contributed by atoms with Crippen molar-refractivity contribution >= 4 is 82.1 Å². The van der Waals surface area contributed by atoms with Crippen molar-refractivity contribution in [3.05, 3.63) is 171 Å². The fraction of sp³-hybridized carbons (Fsp3) is 0.390. The number of phenolic OH excluding ortho intramolecular Hbond substituents is 3. The van der Waals surface area contributed by atoms with Gasteiger partial charge in [0.2, 0.25) is 53.4 Å². The monoisotopic (exact) mass is 1800 g/mol. The Balaban J connectivity index is 1.01. The number of hydrazine groups is 1. The van der Waals surface area contributed by atoms with E-state index in [2.05, 4.69) is 68.4 Å². The summed E-state index contributed by atoms with van der Waals surface area (Å²) >= 11 is 14.3. The SMILES string of the molecule is CNC(CC(C)C)C(=O)NC1C(=O)NC(CC(N)=O)C(=O)NC2C(=O)NC3C(=O)NC(C(=O)NC(C(=O)NNCCO)c4cc(O)cc(O)c4-c4cc3ccc4O)C(O)c3ccc(c(Cl)c3)Oc3cc2cc(c3OC2OC(CO)C(O)C(O)C2OC2CC(C)(NCc3cncc(C(=O)Nc4cccc(OC(F)(F)F)c4)c3)C(O)C(C)O2)Oc2ccc(cc2Cl)C1O. The molecule has 674 valence electrons. The van der Waals surface area contributed by atoms with Gasteiger partial charge in [-0.1, -0.05) is 61.3 Å². The van der Waals surface area contributed by atoms with Crippen molar-refractivity contribution in [2.24, 2.45) is 11.7 Å². The summed E-state index contributed by atoms with van der Waals surface area (Å²) in [5, 5.41) is 139. The molecule has 0 aliphatic carbocycles. The highest BCUT2D eigenvalue weighted by Crippen LogP contribution is 2.50. The van der Waals surface area contributed by atoms with E-state index in [1.165, 1.54) is 50.6 Å². The third-order valence-electron chi connectivity index (χ3n) is 21.3. The Kier molecular flexibility index (Phi) is 29.1. The maximum absolute atomic E-state index is 16.3. The molecule has 0 saturated carbocycles. The fourth-order valence-corrected chi connectivity index (χ4v) is 15.4. The predicted molar refractivity (Wildman–Crippen MR) is 433 cm³/mol. The summed E-state index contributed by atoms with van der Waals surface area (Å²) in [4.78, 5) is 138. The number of hydrogen-bond donors (Lipinski definition) is 22. The number of fused-ring (bicyclic) bond motifs is 15. The third-order valence-corrected chi connectivity index (χ3v) is 21.9. The summed E-state index contributed by atoms with van der Waals surface area (Å²) in [6.07, 6.45) is -22.5. The van der Waals surface area contributed by atoms with E-state index in [9.17, 15) is 83.4 Å². The number of pyridine rings is 1. The number of anilines is 1. The molecule has 2 saturated heterocycles. The molecule has 8 heterocycles. The lowest BCUT2D eigenvalue weighted by molar-refractivity contribution is -0.334. The standard InChI is InChI=1S/C82H90Cl2F3N13O26/c1-33(2)17-48(89-5)73(113)98-63-65(107)37-10-13-52(46(83)20-37)121-54-22-39-23-55(69(54)125-80-70(68(110)67(109)56(32-102)123-80)124-58-28-81(4,71(111)34(3)120-58)91-30-35-18-40(31-90-29-35)72(112)93-41-7-6-8-43(24-41)126-82(85,86)87)122-53-14-11-38(21-47(53)84)66(108)64-78(118)97-62(79(119)100-92-15-16-101)45-25-42(103)26-51(105)59(45)44-19-36(9-12-50(44)104)60(75(115)99-64)96-76(116)61(39)95-74(114)49(27-57(88)106)94-77(63)117/h6-14,18-26,29,31,33-34,48-49,56,58,60-68,70-71,80,89,91-92,101-105,107-111H,15-17,27-28,30,32H2,1-5H3,(H2,88,106)(H,93,112)(H,94,117)(H,95,114)(H,96,116)(H,97,118)(H,98,113)(H,99,115)(H,100,119). The number of rotatable bonds is 22. The summed E-state index contributed by atoms with van der Waals surface area (Å²) in [5.41, 5.74) is 6.42. The first-order valence-electron chi connectivity index (χ1n) is 39.2. The largest absolute Gasteiger partial charge is 0.573 e. The summed E-state index contributed by atoms with van der Waals surface area (Å²) in [7, 11) is 1.46. The molecule has 2 fully saturated rings. The van der Waals surface area contributed by atoms with Gasteiger partial charge in [-0.2, -0.15) is 0 Å². The van der Waals surface area contributed by atoms with E-state index in [-0.39, 0.29) is 59.8 Å². The number of amides is 9. The van der Waals surface area contributed by atoms with Gasteiger partial charge in [-0.3, -0.25) is 53.6 Å². The normalized spacial score (nSPS) is 25.9. The molecule has 11 bridgehead atoms. The van der Waals surface area contributed by atoms with Crippen LogP contribution in [0.25, 0.3) is 11.1 Å². The van der Waals surface area contributed by atoms with Crippen molar-refractivity contribution < 1.29 is 141 Å². The Labute approximate surface area is 724 Å². The van der Waals surface area contributed by atoms with Crippen LogP contribution in [0.3, 0.4) is 0 Å². The second-order valence-electron chi connectivity index (χ2n) is 30.9. The molecule has 6 aromatic carbocycles. The van der Waals surface area contributed by atoms with E-state index in [4.69, 9.17) is 57.4 Å². The number of nitrogens with two attached hydrogens (primary N) is 1. The molecule has 39 nitrogen and oxygen atoms in total. The first-order valence-corrected chi connectivity index (χ1v) is 39.9. The highest BCUT2D eigenvalue weighted by molar-refractivity contribution is 6.32. The van der Waals surface area contributed by atoms with Crippen LogP contribution < -0.4 is 83.4 Å². The maximum atomic E-state index is 16.3. The molecule has 0 spiro atoms. The van der Waals surface area contributed by atoms with Crippen molar-refractivity contribution in [3.8, 4) is 62.9 Å². The first-order chi connectivity index (χ1) is 59.7. The molecule has 7 aliphatic heterocycles. The predicted octanol–water partition coefficient (Wildman–Crippen LogP) is 2.01. The van der Waals surface area contributed by atoms with Crippen molar-refractivity contribution in [3.63, 3.8) is 0 Å². The van der Waals surface area contributed by atoms with Crippen LogP contribution in [-0.4, -0.2) is 221 Å². The summed E-state index contributed by atoms with van der Waals surface area (Å²) in [6, 6.07) is 5.07. The van der Waals surface area contributed by atoms with Crippen LogP contribution in [0.2, 0.25) is 10.0 Å². The number of primary amides is 1. The first kappa shape index (κ1) is 93.3. The highest BCUT2D eigenvalue weighted by Gasteiger charge is 2.53. The van der Waals surface area contributed by atoms with Crippen LogP contribution in [0.5, 0.6) is 51.7 Å². The molecular formula is C82H90Cl2F3N13O26. The minimum atomic E-state index is -5.03. The van der Waals surface area contributed by atoms with E-state index in [1.807, 2.05) is 0 Å². The van der Waals surface area contributed by atoms with Crippen LogP contribution in [0.4, 0.5) is 18.9 Å². The Morgan fingerprint density at radius 3 is 2.02 bits per heavy atom. The van der Waals surface area contributed by atoms with Crippen molar-refractivity contribution in [2.75, 3.05) is 32.1 Å². The molecule has 7 aromatic rings. The summed E-state index contributed by atoms with van der Waals surface area (Å²) in [5.74, 6) is -17.2. The Morgan fingerprint density at radius 1 is 0.722 bits per heavy atom. The molecule has 14 rings (SSSR count). The van der Waals surface area contributed by atoms with Crippen LogP contribution in [0.15, 0.2) is 122 Å². The van der Waals surface area contributed by atoms with Crippen LogP contribution >= 0.6 is 23.2 Å². The zero-order valence-electron chi connectivity index (χ0n) is 67.3. The Bertz CT molecular complexity index is 5300. The minimum absolute atomic E-state index is 0.0497. The topological polar surface area (TPSA) is 592 Å². The van der Waals surface area contributed by atoms with E-state index < -0.39 is 272 Å². The number of carbonyl (C=O) groups excluding carboxylic acids is 9. The van der Waals surface area contributed by atoms with Gasteiger partial charge in [0.1, 0.15) is 101 Å². The lowest BCUT2D eigenvalue weighted by Crippen LogP contribution is -2.65. The van der Waals surface area contributed by atoms with Gasteiger partial charge in [-0.05, 0) is 139 Å². The molecule has 18 unspecified atom stereocenters. The number of ether oxygens (including phenoxy) is 7. The second kappa shape index (κ2) is 39.4. The van der Waals surface area contributed by atoms with Gasteiger partial charge < -0.3 is 138 Å². The number of likely N-dealkylation sites (N-methyl/N-ethyl adjacent to an activating group) is 1. The smallest absolute Gasteiger partial charge is 0.508 e. The number of carbonyl (C=O) groups is 9. The van der Waals surface area contributed by atoms with E-state index in [1.54, 1.807) is 20.8 Å². The van der Waals surface area contributed by atoms with Gasteiger partial charge in [0, 0.05) is 66.4 Å². The average Bonchev–Trinajstić information content (AvgIpc) is 0.769. The number of aromatic hydroxyl groups is 3. The zero-order chi connectivity index (χ0) is 91.2. The molecule has 1 aromatic heterocycles. The Morgan fingerprint density at radius 2 is 1.38 bits per heavy atom. The van der Waals surface area contributed by atoms with Gasteiger partial charge in [0.25, 0.3) is 11.8 Å². The zero-order valence-corrected chi connectivity index (χ0v) is 68.8. The lowest BCUT2D eigenvalue weighted by Gasteiger charge is -2.48. The number of halogens is 5. The van der Waals surface area contributed by atoms with E-state index in [0.29, 0.717) is 5.56 Å². The number of benzene rings is 6. The van der Waals surface area contributed by atoms with E-state index in [0.717, 1.165) is 84.9 Å². The summed E-state index contributed by atoms with van der Waals surface area (Å²) in [6.45, 7) is 4.60. The number of aromatic nitrogens is 1. The molecule has 44 heteroatoms. The minimum Gasteiger partial charge on any atom is -0.508 e. The van der Waals surface area contributed by atoms with Crippen molar-refractivity contribution in [1.82, 2.24) is 58.4 Å². The van der Waals surface area contributed by atoms with Gasteiger partial charge in [0.05, 0.1) is 53.5 Å². The van der Waals surface area contributed by atoms with Crippen molar-refractivity contribution in [1.29, 1.82) is 0 Å². The number of phenols is 3. The molecule has 18 atom stereocenters. The van der Waals surface area contributed by atoms with Gasteiger partial charge in [-0.25, -0.2) is 5.43 Å². The lowest BCUT2D eigenvalue weighted by atomic mass is 9.84. The van der Waals surface area contributed by atoms with Gasteiger partial charge in [-0.15, -0.1) is 13.2 Å². The number of hydrogen-bond acceptors (Lipinski definition) is 30. The third kappa shape index (κ3) is 21.5. The van der Waals surface area contributed by atoms with E-state index >= 15 is 24.0 Å².